The zero-order valence-electron chi connectivity index (χ0n) is 21.7. The van der Waals surface area contributed by atoms with Crippen LogP contribution in [0.5, 0.6) is 5.75 Å². The van der Waals surface area contributed by atoms with Crippen LogP contribution >= 0.6 is 0 Å². The van der Waals surface area contributed by atoms with Crippen LogP contribution in [0.15, 0.2) is 101 Å². The first-order chi connectivity index (χ1) is 19.8. The lowest BCUT2D eigenvalue weighted by molar-refractivity contribution is -0.386. The van der Waals surface area contributed by atoms with Crippen LogP contribution in [-0.2, 0) is 13.1 Å². The minimum Gasteiger partial charge on any atom is -0.497 e. The van der Waals surface area contributed by atoms with E-state index in [2.05, 4.69) is 5.10 Å². The molecule has 0 N–H and O–H groups in total. The number of hydrogen-bond donors (Lipinski definition) is 0. The van der Waals surface area contributed by atoms with E-state index in [4.69, 9.17) is 4.74 Å². The fourth-order valence-corrected chi connectivity index (χ4v) is 4.51. The quantitative estimate of drug-likeness (QED) is 0.194. The highest BCUT2D eigenvalue weighted by molar-refractivity contribution is 5.68. The van der Waals surface area contributed by atoms with Gasteiger partial charge in [0.05, 0.1) is 31.3 Å². The van der Waals surface area contributed by atoms with Crippen molar-refractivity contribution in [3.8, 4) is 17.0 Å². The zero-order valence-corrected chi connectivity index (χ0v) is 21.7. The number of halogens is 2. The van der Waals surface area contributed by atoms with E-state index in [1.54, 1.807) is 42.5 Å². The van der Waals surface area contributed by atoms with Crippen molar-refractivity contribution in [2.75, 3.05) is 7.11 Å². The molecule has 0 aliphatic rings. The minimum atomic E-state index is -2.28. The van der Waals surface area contributed by atoms with E-state index in [1.165, 1.54) is 60.6 Å². The second-order valence-corrected chi connectivity index (χ2v) is 9.11. The molecule has 1 atom stereocenters. The Morgan fingerprint density at radius 1 is 0.976 bits per heavy atom. The lowest BCUT2D eigenvalue weighted by atomic mass is 10.1. The summed E-state index contributed by atoms with van der Waals surface area (Å²) in [6.07, 6.45) is 0.322. The third kappa shape index (κ3) is 5.39. The molecule has 0 aliphatic carbocycles. The predicted molar refractivity (Wildman–Crippen MR) is 146 cm³/mol. The number of aromatic nitrogens is 4. The van der Waals surface area contributed by atoms with Gasteiger partial charge in [-0.15, -0.1) is 0 Å². The van der Waals surface area contributed by atoms with Crippen LogP contribution < -0.4 is 16.0 Å². The van der Waals surface area contributed by atoms with Crippen molar-refractivity contribution in [1.82, 2.24) is 18.9 Å². The van der Waals surface area contributed by atoms with Crippen LogP contribution in [0.1, 0.15) is 23.0 Å². The summed E-state index contributed by atoms with van der Waals surface area (Å²) < 4.78 is 37.7. The third-order valence-electron chi connectivity index (χ3n) is 6.53. The summed E-state index contributed by atoms with van der Waals surface area (Å²) in [6, 6.07) is 20.0. The van der Waals surface area contributed by atoms with Gasteiger partial charge in [0.2, 0.25) is 6.30 Å². The molecular weight excluding hydrogens is 536 g/mol. The molecular formula is C29H23F2N5O5. The fourth-order valence-electron chi connectivity index (χ4n) is 4.51. The number of hydrogen-bond acceptors (Lipinski definition) is 6. The van der Waals surface area contributed by atoms with Crippen LogP contribution in [0.3, 0.4) is 0 Å². The molecule has 1 unspecified atom stereocenters. The van der Waals surface area contributed by atoms with Gasteiger partial charge in [-0.2, -0.15) is 5.10 Å². The normalized spacial score (nSPS) is 11.8. The van der Waals surface area contributed by atoms with Gasteiger partial charge in [0.25, 0.3) is 0 Å². The molecule has 5 aromatic rings. The van der Waals surface area contributed by atoms with Crippen molar-refractivity contribution in [3.05, 3.63) is 145 Å². The standard InChI is InChI=1S/C29H23F2N5O5/c1-41-23-13-11-19(12-14-23)16-34-25(22-15-32-33(18-22)17-21-9-5-6-10-24(21)30)26(36(39)40)28(37)35(29(34)38)27(31)20-7-3-2-4-8-20/h2-15,18,27H,16-17H2,1H3. The molecule has 0 spiro atoms. The van der Waals surface area contributed by atoms with Gasteiger partial charge in [-0.25, -0.2) is 18.1 Å². The Morgan fingerprint density at radius 2 is 1.66 bits per heavy atom. The fraction of sp³-hybridized carbons (Fsp3) is 0.138. The summed E-state index contributed by atoms with van der Waals surface area (Å²) in [4.78, 5) is 38.6. The maximum Gasteiger partial charge on any atom is 0.358 e. The Kier molecular flexibility index (Phi) is 7.55. The van der Waals surface area contributed by atoms with E-state index in [1.807, 2.05) is 0 Å². The van der Waals surface area contributed by atoms with Gasteiger partial charge in [0, 0.05) is 22.9 Å². The molecule has 0 bridgehead atoms. The van der Waals surface area contributed by atoms with Crippen LogP contribution in [0.2, 0.25) is 0 Å². The van der Waals surface area contributed by atoms with Gasteiger partial charge >= 0.3 is 16.9 Å². The third-order valence-corrected chi connectivity index (χ3v) is 6.53. The lowest BCUT2D eigenvalue weighted by Gasteiger charge is -2.18. The molecule has 0 fully saturated rings. The number of methoxy groups -OCH3 is 1. The highest BCUT2D eigenvalue weighted by atomic mass is 19.1. The van der Waals surface area contributed by atoms with Gasteiger partial charge in [-0.05, 0) is 23.8 Å². The van der Waals surface area contributed by atoms with E-state index < -0.39 is 34.0 Å². The average Bonchev–Trinajstić information content (AvgIpc) is 3.44. The summed E-state index contributed by atoms with van der Waals surface area (Å²) >= 11 is 0. The van der Waals surface area contributed by atoms with Crippen molar-refractivity contribution in [1.29, 1.82) is 0 Å². The summed E-state index contributed by atoms with van der Waals surface area (Å²) in [6.45, 7) is -0.250. The minimum absolute atomic E-state index is 0.0131. The van der Waals surface area contributed by atoms with Gasteiger partial charge in [0.15, 0.2) is 0 Å². The number of rotatable bonds is 9. The maximum atomic E-state index is 15.7. The van der Waals surface area contributed by atoms with Crippen molar-refractivity contribution >= 4 is 5.69 Å². The molecule has 10 nitrogen and oxygen atoms in total. The predicted octanol–water partition coefficient (Wildman–Crippen LogP) is 4.54. The smallest absolute Gasteiger partial charge is 0.358 e. The van der Waals surface area contributed by atoms with E-state index in [9.17, 15) is 24.1 Å². The van der Waals surface area contributed by atoms with Crippen LogP contribution in [0.25, 0.3) is 11.3 Å². The molecule has 3 aromatic carbocycles. The first-order valence-corrected chi connectivity index (χ1v) is 12.4. The molecule has 0 aliphatic heterocycles. The van der Waals surface area contributed by atoms with Gasteiger partial charge in [-0.3, -0.25) is 24.2 Å². The number of benzene rings is 3. The van der Waals surface area contributed by atoms with Gasteiger partial charge in [-0.1, -0.05) is 60.7 Å². The lowest BCUT2D eigenvalue weighted by Crippen LogP contribution is -2.43. The molecule has 0 amide bonds. The number of nitrogens with zero attached hydrogens (tertiary/aromatic N) is 5. The van der Waals surface area contributed by atoms with Gasteiger partial charge < -0.3 is 4.74 Å². The Morgan fingerprint density at radius 3 is 2.32 bits per heavy atom. The van der Waals surface area contributed by atoms with E-state index >= 15 is 4.39 Å². The highest BCUT2D eigenvalue weighted by Crippen LogP contribution is 2.28. The molecule has 5 rings (SSSR count). The number of nitro groups is 1. The number of ether oxygens (including phenoxy) is 1. The average molecular weight is 560 g/mol. The van der Waals surface area contributed by atoms with Crippen molar-refractivity contribution in [2.24, 2.45) is 0 Å². The molecule has 208 valence electrons. The van der Waals surface area contributed by atoms with Gasteiger partial charge in [0.1, 0.15) is 17.3 Å². The van der Waals surface area contributed by atoms with E-state index in [-0.39, 0.29) is 34.5 Å². The monoisotopic (exact) mass is 559 g/mol. The summed E-state index contributed by atoms with van der Waals surface area (Å²) in [5.41, 5.74) is -2.98. The van der Waals surface area contributed by atoms with Crippen molar-refractivity contribution in [3.63, 3.8) is 0 Å². The highest BCUT2D eigenvalue weighted by Gasteiger charge is 2.33. The molecule has 2 heterocycles. The largest absolute Gasteiger partial charge is 0.497 e. The Bertz CT molecular complexity index is 1830. The summed E-state index contributed by atoms with van der Waals surface area (Å²) in [5.74, 6) is 0.0732. The van der Waals surface area contributed by atoms with Crippen molar-refractivity contribution < 1.29 is 18.4 Å². The Hall–Kier alpha value is -5.39. The molecule has 0 saturated heterocycles. The molecule has 41 heavy (non-hydrogen) atoms. The Balaban J connectivity index is 1.72. The summed E-state index contributed by atoms with van der Waals surface area (Å²) in [7, 11) is 1.49. The topological polar surface area (TPSA) is 114 Å². The zero-order chi connectivity index (χ0) is 29.1. The SMILES string of the molecule is COc1ccc(Cn2c(-c3cnn(Cc4ccccc4F)c3)c([N+](=O)[O-])c(=O)n(C(F)c3ccccc3)c2=O)cc1. The first kappa shape index (κ1) is 27.2. The maximum absolute atomic E-state index is 15.7. The van der Waals surface area contributed by atoms with Crippen LogP contribution in [0, 0.1) is 15.9 Å². The molecule has 12 heteroatoms. The van der Waals surface area contributed by atoms with E-state index in [0.717, 1.165) is 4.57 Å². The first-order valence-electron chi connectivity index (χ1n) is 12.4. The molecule has 0 saturated carbocycles. The van der Waals surface area contributed by atoms with Crippen LogP contribution in [-0.4, -0.2) is 30.9 Å². The van der Waals surface area contributed by atoms with Crippen molar-refractivity contribution in [2.45, 2.75) is 19.4 Å². The number of alkyl halides is 1. The second-order valence-electron chi connectivity index (χ2n) is 9.11. The molecule has 0 radical (unpaired) electrons. The van der Waals surface area contributed by atoms with E-state index in [0.29, 0.717) is 16.9 Å². The van der Waals surface area contributed by atoms with Crippen LogP contribution in [0.4, 0.5) is 14.5 Å². The Labute approximate surface area is 231 Å². The second kappa shape index (κ2) is 11.4. The molecule has 2 aromatic heterocycles. The summed E-state index contributed by atoms with van der Waals surface area (Å²) in [5, 5.41) is 16.5.